The number of benzene rings is 2. The van der Waals surface area contributed by atoms with Gasteiger partial charge in [0.1, 0.15) is 0 Å². The number of aromatic nitrogens is 4. The molecular formula is C24H26N6O. The van der Waals surface area contributed by atoms with E-state index in [1.165, 1.54) is 11.1 Å². The highest BCUT2D eigenvalue weighted by Crippen LogP contribution is 2.15. The maximum Gasteiger partial charge on any atom is 0.262 e. The molecule has 0 saturated carbocycles. The molecule has 0 amide bonds. The molecule has 0 unspecified atom stereocenters. The van der Waals surface area contributed by atoms with Crippen molar-refractivity contribution in [3.63, 3.8) is 0 Å². The molecule has 1 N–H and O–H groups in total. The van der Waals surface area contributed by atoms with Crippen LogP contribution in [0.25, 0.3) is 10.9 Å². The van der Waals surface area contributed by atoms with Gasteiger partial charge in [-0.15, -0.1) is 0 Å². The normalized spacial score (nSPS) is 11.5. The number of nitrogens with zero attached hydrogens (tertiary/aromatic N) is 5. The fourth-order valence-corrected chi connectivity index (χ4v) is 3.62. The summed E-state index contributed by atoms with van der Waals surface area (Å²) in [5, 5.41) is 9.64. The highest BCUT2D eigenvalue weighted by atomic mass is 16.1. The quantitative estimate of drug-likeness (QED) is 0.382. The standard InChI is InChI=1S/C24H26N6O/c1-5-29-23(31)20-8-6-7-9-22(20)26-24(29)27-25-14-21-17(3)28-30(18(21)4)15-19-12-10-16(2)11-13-19/h6-14H,5,15H2,1-4H3,(H,26,27)/b25-14-. The number of hydrazone groups is 1. The number of hydrogen-bond donors (Lipinski definition) is 1. The van der Waals surface area contributed by atoms with Crippen molar-refractivity contribution in [2.75, 3.05) is 5.43 Å². The maximum absolute atomic E-state index is 12.7. The Bertz CT molecular complexity index is 1310. The Balaban J connectivity index is 1.59. The fraction of sp³-hybridized carbons (Fsp3) is 0.250. The summed E-state index contributed by atoms with van der Waals surface area (Å²) in [6.45, 7) is 9.20. The minimum atomic E-state index is -0.0796. The van der Waals surface area contributed by atoms with Gasteiger partial charge in [-0.1, -0.05) is 42.0 Å². The van der Waals surface area contributed by atoms with E-state index in [4.69, 9.17) is 0 Å². The van der Waals surface area contributed by atoms with E-state index in [1.54, 1.807) is 16.8 Å². The van der Waals surface area contributed by atoms with Crippen LogP contribution in [0, 0.1) is 20.8 Å². The van der Waals surface area contributed by atoms with Gasteiger partial charge in [0.2, 0.25) is 5.95 Å². The van der Waals surface area contributed by atoms with Crippen molar-refractivity contribution in [3.8, 4) is 0 Å². The minimum Gasteiger partial charge on any atom is -0.277 e. The molecule has 4 rings (SSSR count). The highest BCUT2D eigenvalue weighted by Gasteiger charge is 2.11. The smallest absolute Gasteiger partial charge is 0.262 e. The molecular weight excluding hydrogens is 388 g/mol. The Morgan fingerprint density at radius 2 is 1.81 bits per heavy atom. The van der Waals surface area contributed by atoms with Crippen molar-refractivity contribution >= 4 is 23.1 Å². The van der Waals surface area contributed by atoms with Gasteiger partial charge in [-0.05, 0) is 45.4 Å². The molecule has 0 fully saturated rings. The number of rotatable bonds is 6. The van der Waals surface area contributed by atoms with Gasteiger partial charge < -0.3 is 0 Å². The molecule has 0 aliphatic heterocycles. The van der Waals surface area contributed by atoms with Crippen LogP contribution in [-0.2, 0) is 13.1 Å². The van der Waals surface area contributed by atoms with Gasteiger partial charge in [0, 0.05) is 17.8 Å². The molecule has 0 atom stereocenters. The van der Waals surface area contributed by atoms with Crippen molar-refractivity contribution in [1.29, 1.82) is 0 Å². The van der Waals surface area contributed by atoms with Crippen molar-refractivity contribution in [3.05, 3.63) is 87.0 Å². The zero-order valence-corrected chi connectivity index (χ0v) is 18.3. The van der Waals surface area contributed by atoms with Gasteiger partial charge in [-0.2, -0.15) is 10.2 Å². The summed E-state index contributed by atoms with van der Waals surface area (Å²) >= 11 is 0. The second kappa shape index (κ2) is 8.55. The first-order valence-corrected chi connectivity index (χ1v) is 10.4. The van der Waals surface area contributed by atoms with E-state index in [0.29, 0.717) is 29.9 Å². The molecule has 0 radical (unpaired) electrons. The summed E-state index contributed by atoms with van der Waals surface area (Å²) in [6.07, 6.45) is 1.74. The Hall–Kier alpha value is -3.74. The Kier molecular flexibility index (Phi) is 5.66. The molecule has 0 bridgehead atoms. The summed E-state index contributed by atoms with van der Waals surface area (Å²) < 4.78 is 3.57. The number of hydrogen-bond acceptors (Lipinski definition) is 5. The summed E-state index contributed by atoms with van der Waals surface area (Å²) in [7, 11) is 0. The lowest BCUT2D eigenvalue weighted by molar-refractivity contribution is 0.659. The lowest BCUT2D eigenvalue weighted by Gasteiger charge is -2.10. The zero-order chi connectivity index (χ0) is 22.0. The minimum absolute atomic E-state index is 0.0796. The van der Waals surface area contributed by atoms with Crippen LogP contribution >= 0.6 is 0 Å². The molecule has 0 saturated heterocycles. The molecule has 2 aromatic carbocycles. The summed E-state index contributed by atoms with van der Waals surface area (Å²) in [5.41, 5.74) is 8.83. The molecule has 2 aromatic heterocycles. The van der Waals surface area contributed by atoms with Crippen LogP contribution in [0.1, 0.15) is 35.0 Å². The van der Waals surface area contributed by atoms with Crippen LogP contribution in [0.2, 0.25) is 0 Å². The molecule has 0 aliphatic carbocycles. The van der Waals surface area contributed by atoms with E-state index in [9.17, 15) is 4.79 Å². The third-order valence-electron chi connectivity index (χ3n) is 5.43. The van der Waals surface area contributed by atoms with Gasteiger partial charge in [0.05, 0.1) is 29.4 Å². The number of fused-ring (bicyclic) bond motifs is 1. The largest absolute Gasteiger partial charge is 0.277 e. The number of nitrogens with one attached hydrogen (secondary N) is 1. The molecule has 31 heavy (non-hydrogen) atoms. The van der Waals surface area contributed by atoms with Crippen LogP contribution < -0.4 is 11.0 Å². The molecule has 2 heterocycles. The summed E-state index contributed by atoms with van der Waals surface area (Å²) in [4.78, 5) is 17.3. The van der Waals surface area contributed by atoms with Crippen LogP contribution in [0.4, 0.5) is 5.95 Å². The SMILES string of the molecule is CCn1c(N/N=C\c2c(C)nn(Cc3ccc(C)cc3)c2C)nc2ccccc2c1=O. The average Bonchev–Trinajstić information content (AvgIpc) is 3.03. The van der Waals surface area contributed by atoms with Crippen LogP contribution in [-0.4, -0.2) is 25.5 Å². The molecule has 7 heteroatoms. The number of para-hydroxylation sites is 1. The highest BCUT2D eigenvalue weighted by molar-refractivity contribution is 5.83. The van der Waals surface area contributed by atoms with Gasteiger partial charge >= 0.3 is 0 Å². The van der Waals surface area contributed by atoms with Crippen LogP contribution in [0.3, 0.4) is 0 Å². The molecule has 4 aromatic rings. The van der Waals surface area contributed by atoms with E-state index in [1.807, 2.05) is 43.7 Å². The van der Waals surface area contributed by atoms with Crippen molar-refractivity contribution in [2.24, 2.45) is 5.10 Å². The van der Waals surface area contributed by atoms with E-state index in [-0.39, 0.29) is 5.56 Å². The first-order chi connectivity index (χ1) is 15.0. The summed E-state index contributed by atoms with van der Waals surface area (Å²) in [5.74, 6) is 0.421. The number of aryl methyl sites for hydroxylation is 2. The monoisotopic (exact) mass is 414 g/mol. The fourth-order valence-electron chi connectivity index (χ4n) is 3.62. The molecule has 0 spiro atoms. The summed E-state index contributed by atoms with van der Waals surface area (Å²) in [6, 6.07) is 15.8. The first-order valence-electron chi connectivity index (χ1n) is 10.4. The van der Waals surface area contributed by atoms with Gasteiger partial charge in [0.25, 0.3) is 5.56 Å². The topological polar surface area (TPSA) is 77.1 Å². The maximum atomic E-state index is 12.7. The van der Waals surface area contributed by atoms with Crippen molar-refractivity contribution in [1.82, 2.24) is 19.3 Å². The van der Waals surface area contributed by atoms with E-state index < -0.39 is 0 Å². The van der Waals surface area contributed by atoms with Crippen LogP contribution in [0.5, 0.6) is 0 Å². The van der Waals surface area contributed by atoms with E-state index >= 15 is 0 Å². The third-order valence-corrected chi connectivity index (χ3v) is 5.43. The van der Waals surface area contributed by atoms with E-state index in [0.717, 1.165) is 17.0 Å². The predicted molar refractivity (Wildman–Crippen MR) is 125 cm³/mol. The lowest BCUT2D eigenvalue weighted by atomic mass is 10.1. The molecule has 7 nitrogen and oxygen atoms in total. The lowest BCUT2D eigenvalue weighted by Crippen LogP contribution is -2.23. The Labute approximate surface area is 181 Å². The van der Waals surface area contributed by atoms with Crippen LogP contribution in [0.15, 0.2) is 58.4 Å². The second-order valence-corrected chi connectivity index (χ2v) is 7.60. The van der Waals surface area contributed by atoms with Gasteiger partial charge in [-0.25, -0.2) is 10.4 Å². The third kappa shape index (κ3) is 4.12. The second-order valence-electron chi connectivity index (χ2n) is 7.60. The van der Waals surface area contributed by atoms with E-state index in [2.05, 4.69) is 51.8 Å². The van der Waals surface area contributed by atoms with Crippen molar-refractivity contribution < 1.29 is 0 Å². The Morgan fingerprint density at radius 3 is 2.55 bits per heavy atom. The predicted octanol–water partition coefficient (Wildman–Crippen LogP) is 4.03. The number of anilines is 1. The average molecular weight is 415 g/mol. The molecule has 0 aliphatic rings. The van der Waals surface area contributed by atoms with Gasteiger partial charge in [-0.3, -0.25) is 14.0 Å². The van der Waals surface area contributed by atoms with Gasteiger partial charge in [0.15, 0.2) is 0 Å². The first kappa shape index (κ1) is 20.5. The van der Waals surface area contributed by atoms with Crippen molar-refractivity contribution in [2.45, 2.75) is 40.8 Å². The Morgan fingerprint density at radius 1 is 1.06 bits per heavy atom. The molecule has 158 valence electrons. The zero-order valence-electron chi connectivity index (χ0n) is 18.3.